The number of ether oxygens (including phenoxy) is 2. The number of rotatable bonds is 4. The van der Waals surface area contributed by atoms with Gasteiger partial charge in [-0.05, 0) is 12.1 Å². The topological polar surface area (TPSA) is 69.4 Å². The number of nitrogens with one attached hydrogen (secondary N) is 1. The summed E-state index contributed by atoms with van der Waals surface area (Å²) in [6.07, 6.45) is 0. The first-order valence-corrected chi connectivity index (χ1v) is 5.50. The molecular formula is C11H12ClN3O3. The quantitative estimate of drug-likeness (QED) is 0.919. The molecular weight excluding hydrogens is 258 g/mol. The van der Waals surface area contributed by atoms with Gasteiger partial charge in [0.25, 0.3) is 0 Å². The van der Waals surface area contributed by atoms with Gasteiger partial charge in [-0.15, -0.1) is 0 Å². The first kappa shape index (κ1) is 12.5. The number of benzene rings is 1. The van der Waals surface area contributed by atoms with E-state index in [1.807, 2.05) is 0 Å². The summed E-state index contributed by atoms with van der Waals surface area (Å²) in [6.45, 7) is 0. The third kappa shape index (κ3) is 2.19. The SMILES string of the molecule is CNc1nc(-c2cc(Cl)c(OC)c(OC)c2)no1. The normalized spacial score (nSPS) is 10.2. The van der Waals surface area contributed by atoms with Crippen molar-refractivity contribution in [2.75, 3.05) is 26.6 Å². The minimum atomic E-state index is 0.330. The predicted octanol–water partition coefficient (Wildman–Crippen LogP) is 2.45. The zero-order valence-electron chi connectivity index (χ0n) is 10.2. The number of hydrogen-bond donors (Lipinski definition) is 1. The average Bonchev–Trinajstić information content (AvgIpc) is 2.86. The number of hydrogen-bond acceptors (Lipinski definition) is 6. The van der Waals surface area contributed by atoms with Gasteiger partial charge in [-0.3, -0.25) is 0 Å². The minimum Gasteiger partial charge on any atom is -0.493 e. The molecule has 0 bridgehead atoms. The molecule has 0 aliphatic rings. The average molecular weight is 270 g/mol. The molecule has 6 nitrogen and oxygen atoms in total. The van der Waals surface area contributed by atoms with Crippen LogP contribution < -0.4 is 14.8 Å². The van der Waals surface area contributed by atoms with E-state index in [9.17, 15) is 0 Å². The Bertz CT molecular complexity index is 556. The third-order valence-corrected chi connectivity index (χ3v) is 2.61. The molecule has 0 aliphatic heterocycles. The van der Waals surface area contributed by atoms with E-state index in [-0.39, 0.29) is 0 Å². The van der Waals surface area contributed by atoms with Gasteiger partial charge in [0.1, 0.15) is 0 Å². The van der Waals surface area contributed by atoms with E-state index >= 15 is 0 Å². The summed E-state index contributed by atoms with van der Waals surface area (Å²) >= 11 is 6.10. The van der Waals surface area contributed by atoms with Gasteiger partial charge >= 0.3 is 6.01 Å². The second-order valence-corrected chi connectivity index (χ2v) is 3.77. The summed E-state index contributed by atoms with van der Waals surface area (Å²) in [6, 6.07) is 3.75. The maximum Gasteiger partial charge on any atom is 0.321 e. The second-order valence-electron chi connectivity index (χ2n) is 3.37. The number of anilines is 1. The first-order chi connectivity index (χ1) is 8.69. The highest BCUT2D eigenvalue weighted by Crippen LogP contribution is 2.38. The van der Waals surface area contributed by atoms with Crippen molar-refractivity contribution in [3.05, 3.63) is 17.2 Å². The Morgan fingerprint density at radius 3 is 2.61 bits per heavy atom. The van der Waals surface area contributed by atoms with E-state index in [4.69, 9.17) is 25.6 Å². The molecule has 0 saturated carbocycles. The van der Waals surface area contributed by atoms with E-state index in [0.717, 1.165) is 0 Å². The van der Waals surface area contributed by atoms with Crippen LogP contribution in [0.5, 0.6) is 11.5 Å². The molecule has 18 heavy (non-hydrogen) atoms. The van der Waals surface area contributed by atoms with E-state index in [1.54, 1.807) is 19.2 Å². The molecule has 1 aromatic carbocycles. The van der Waals surface area contributed by atoms with Crippen molar-refractivity contribution in [3.63, 3.8) is 0 Å². The third-order valence-electron chi connectivity index (χ3n) is 2.33. The van der Waals surface area contributed by atoms with Crippen molar-refractivity contribution in [1.29, 1.82) is 0 Å². The van der Waals surface area contributed by atoms with Crippen molar-refractivity contribution in [2.45, 2.75) is 0 Å². The van der Waals surface area contributed by atoms with Crippen LogP contribution in [-0.4, -0.2) is 31.4 Å². The lowest BCUT2D eigenvalue weighted by Gasteiger charge is -2.10. The van der Waals surface area contributed by atoms with Crippen molar-refractivity contribution in [1.82, 2.24) is 10.1 Å². The molecule has 0 aliphatic carbocycles. The van der Waals surface area contributed by atoms with Gasteiger partial charge in [0.05, 0.1) is 19.2 Å². The van der Waals surface area contributed by atoms with Crippen LogP contribution in [0.25, 0.3) is 11.4 Å². The summed E-state index contributed by atoms with van der Waals surface area (Å²) in [5.74, 6) is 1.40. The lowest BCUT2D eigenvalue weighted by Crippen LogP contribution is -1.93. The molecule has 0 unspecified atom stereocenters. The van der Waals surface area contributed by atoms with Gasteiger partial charge in [0.15, 0.2) is 11.5 Å². The van der Waals surface area contributed by atoms with Crippen LogP contribution in [0, 0.1) is 0 Å². The van der Waals surface area contributed by atoms with Crippen LogP contribution in [0.15, 0.2) is 16.7 Å². The Kier molecular flexibility index (Phi) is 3.57. The second kappa shape index (κ2) is 5.14. The highest BCUT2D eigenvalue weighted by molar-refractivity contribution is 6.32. The molecule has 2 rings (SSSR count). The van der Waals surface area contributed by atoms with Gasteiger partial charge in [0.2, 0.25) is 5.82 Å². The molecule has 7 heteroatoms. The van der Waals surface area contributed by atoms with E-state index in [0.29, 0.717) is 33.9 Å². The standard InChI is InChI=1S/C11H12ClN3O3/c1-13-11-14-10(15-18-11)6-4-7(12)9(17-3)8(5-6)16-2/h4-5H,1-3H3,(H,13,14,15). The predicted molar refractivity (Wildman–Crippen MR) is 67.4 cm³/mol. The molecule has 0 atom stereocenters. The van der Waals surface area contributed by atoms with Crippen LogP contribution >= 0.6 is 11.6 Å². The van der Waals surface area contributed by atoms with Crippen molar-refractivity contribution in [3.8, 4) is 22.9 Å². The molecule has 0 amide bonds. The zero-order valence-corrected chi connectivity index (χ0v) is 10.9. The Labute approximate surface area is 109 Å². The summed E-state index contributed by atoms with van der Waals surface area (Å²) in [5, 5.41) is 7.00. The maximum atomic E-state index is 6.10. The smallest absolute Gasteiger partial charge is 0.321 e. The van der Waals surface area contributed by atoms with E-state index in [2.05, 4.69) is 15.5 Å². The van der Waals surface area contributed by atoms with Crippen molar-refractivity contribution in [2.24, 2.45) is 0 Å². The molecule has 0 fully saturated rings. The van der Waals surface area contributed by atoms with Crippen molar-refractivity contribution >= 4 is 17.6 Å². The lowest BCUT2D eigenvalue weighted by molar-refractivity contribution is 0.355. The number of nitrogens with zero attached hydrogens (tertiary/aromatic N) is 2. The first-order valence-electron chi connectivity index (χ1n) is 5.13. The van der Waals surface area contributed by atoms with Crippen molar-refractivity contribution < 1.29 is 14.0 Å². The van der Waals surface area contributed by atoms with Gasteiger partial charge in [0, 0.05) is 12.6 Å². The fraction of sp³-hybridized carbons (Fsp3) is 0.273. The Hall–Kier alpha value is -1.95. The summed E-state index contributed by atoms with van der Waals surface area (Å²) in [7, 11) is 4.75. The monoisotopic (exact) mass is 269 g/mol. The maximum absolute atomic E-state index is 6.10. The molecule has 96 valence electrons. The minimum absolute atomic E-state index is 0.330. The fourth-order valence-corrected chi connectivity index (χ4v) is 1.78. The highest BCUT2D eigenvalue weighted by atomic mass is 35.5. The summed E-state index contributed by atoms with van der Waals surface area (Å²) in [4.78, 5) is 4.13. The van der Waals surface area contributed by atoms with E-state index < -0.39 is 0 Å². The molecule has 2 aromatic rings. The molecule has 1 aromatic heterocycles. The zero-order chi connectivity index (χ0) is 13.1. The van der Waals surface area contributed by atoms with Crippen LogP contribution in [0.3, 0.4) is 0 Å². The number of halogens is 1. The Morgan fingerprint density at radius 2 is 2.06 bits per heavy atom. The van der Waals surface area contributed by atoms with Gasteiger partial charge in [-0.2, -0.15) is 4.98 Å². The Balaban J connectivity index is 2.48. The highest BCUT2D eigenvalue weighted by Gasteiger charge is 2.15. The van der Waals surface area contributed by atoms with Crippen LogP contribution in [0.1, 0.15) is 0 Å². The molecule has 0 saturated heterocycles. The molecule has 1 N–H and O–H groups in total. The van der Waals surface area contributed by atoms with Crippen LogP contribution in [0.2, 0.25) is 5.02 Å². The van der Waals surface area contributed by atoms with Gasteiger partial charge < -0.3 is 19.3 Å². The fourth-order valence-electron chi connectivity index (χ4n) is 1.49. The molecule has 0 spiro atoms. The molecule has 1 heterocycles. The number of aromatic nitrogens is 2. The summed E-state index contributed by atoms with van der Waals surface area (Å²) in [5.41, 5.74) is 0.683. The number of methoxy groups -OCH3 is 2. The van der Waals surface area contributed by atoms with Gasteiger partial charge in [-0.25, -0.2) is 0 Å². The largest absolute Gasteiger partial charge is 0.493 e. The van der Waals surface area contributed by atoms with Crippen LogP contribution in [0.4, 0.5) is 6.01 Å². The molecule has 0 radical (unpaired) electrons. The Morgan fingerprint density at radius 1 is 1.28 bits per heavy atom. The van der Waals surface area contributed by atoms with E-state index in [1.165, 1.54) is 14.2 Å². The van der Waals surface area contributed by atoms with Gasteiger partial charge in [-0.1, -0.05) is 16.8 Å². The lowest BCUT2D eigenvalue weighted by atomic mass is 10.2. The summed E-state index contributed by atoms with van der Waals surface area (Å²) < 4.78 is 15.3. The van der Waals surface area contributed by atoms with Crippen LogP contribution in [-0.2, 0) is 0 Å².